The van der Waals surface area contributed by atoms with Crippen LogP contribution in [0.15, 0.2) is 29.3 Å². The molecule has 0 aliphatic carbocycles. The predicted molar refractivity (Wildman–Crippen MR) is 116 cm³/mol. The molecule has 154 valence electrons. The van der Waals surface area contributed by atoms with Gasteiger partial charge in [0.2, 0.25) is 0 Å². The lowest BCUT2D eigenvalue weighted by atomic mass is 10.1. The van der Waals surface area contributed by atoms with E-state index in [1.165, 1.54) is 25.9 Å². The number of alkyl halides is 2. The summed E-state index contributed by atoms with van der Waals surface area (Å²) in [6.45, 7) is 4.49. The van der Waals surface area contributed by atoms with Crippen LogP contribution in [0, 0.1) is 5.92 Å². The summed E-state index contributed by atoms with van der Waals surface area (Å²) in [6.07, 6.45) is 2.62. The number of hydrogen-bond acceptors (Lipinski definition) is 3. The van der Waals surface area contributed by atoms with Gasteiger partial charge in [-0.15, -0.1) is 24.0 Å². The van der Waals surface area contributed by atoms with Gasteiger partial charge in [-0.2, -0.15) is 8.78 Å². The quantitative estimate of drug-likeness (QED) is 0.339. The molecule has 1 aliphatic rings. The van der Waals surface area contributed by atoms with Gasteiger partial charge in [-0.3, -0.25) is 4.99 Å². The Balaban J connectivity index is 0.00000364. The smallest absolute Gasteiger partial charge is 0.387 e. The zero-order valence-electron chi connectivity index (χ0n) is 16.3. The summed E-state index contributed by atoms with van der Waals surface area (Å²) in [4.78, 5) is 8.87. The van der Waals surface area contributed by atoms with Crippen molar-refractivity contribution >= 4 is 29.9 Å². The van der Waals surface area contributed by atoms with Gasteiger partial charge in [0.1, 0.15) is 5.75 Å². The third kappa shape index (κ3) is 8.59. The summed E-state index contributed by atoms with van der Waals surface area (Å²) in [5.74, 6) is 1.54. The minimum Gasteiger partial charge on any atom is -0.435 e. The van der Waals surface area contributed by atoms with Crippen LogP contribution >= 0.6 is 24.0 Å². The van der Waals surface area contributed by atoms with Crippen LogP contribution in [-0.4, -0.2) is 62.6 Å². The Morgan fingerprint density at radius 3 is 2.44 bits per heavy atom. The van der Waals surface area contributed by atoms with Crippen molar-refractivity contribution in [3.05, 3.63) is 29.8 Å². The normalized spacial score (nSPS) is 16.1. The first-order valence-corrected chi connectivity index (χ1v) is 9.16. The minimum atomic E-state index is -2.80. The fraction of sp³-hybridized carbons (Fsp3) is 0.632. The first kappa shape index (κ1) is 23.9. The van der Waals surface area contributed by atoms with E-state index in [0.29, 0.717) is 12.5 Å². The molecule has 1 fully saturated rings. The van der Waals surface area contributed by atoms with Crippen molar-refractivity contribution in [3.8, 4) is 5.75 Å². The van der Waals surface area contributed by atoms with Gasteiger partial charge < -0.3 is 19.9 Å². The van der Waals surface area contributed by atoms with Crippen molar-refractivity contribution in [2.75, 3.05) is 40.3 Å². The van der Waals surface area contributed by atoms with Gasteiger partial charge in [0.05, 0.1) is 0 Å². The third-order valence-electron chi connectivity index (χ3n) is 4.52. The molecule has 1 aromatic carbocycles. The van der Waals surface area contributed by atoms with Gasteiger partial charge in [-0.1, -0.05) is 19.1 Å². The highest BCUT2D eigenvalue weighted by atomic mass is 127. The zero-order chi connectivity index (χ0) is 18.9. The van der Waals surface area contributed by atoms with Gasteiger partial charge in [0, 0.05) is 33.7 Å². The number of ether oxygens (including phenoxy) is 1. The van der Waals surface area contributed by atoms with E-state index < -0.39 is 6.61 Å². The molecule has 1 heterocycles. The molecule has 0 bridgehead atoms. The highest BCUT2D eigenvalue weighted by Crippen LogP contribution is 2.16. The van der Waals surface area contributed by atoms with Crippen LogP contribution in [0.4, 0.5) is 8.78 Å². The molecule has 0 aromatic heterocycles. The molecule has 1 atom stereocenters. The Morgan fingerprint density at radius 1 is 1.26 bits per heavy atom. The molecule has 1 saturated heterocycles. The van der Waals surface area contributed by atoms with Gasteiger partial charge in [-0.05, 0) is 49.5 Å². The summed E-state index contributed by atoms with van der Waals surface area (Å²) in [7, 11) is 3.73. The molecule has 0 radical (unpaired) electrons. The van der Waals surface area contributed by atoms with Crippen LogP contribution in [0.25, 0.3) is 0 Å². The van der Waals surface area contributed by atoms with Gasteiger partial charge in [0.15, 0.2) is 5.96 Å². The van der Waals surface area contributed by atoms with E-state index in [1.54, 1.807) is 31.3 Å². The lowest BCUT2D eigenvalue weighted by Crippen LogP contribution is -2.42. The van der Waals surface area contributed by atoms with Gasteiger partial charge in [-0.25, -0.2) is 0 Å². The first-order valence-electron chi connectivity index (χ1n) is 9.16. The Morgan fingerprint density at radius 2 is 1.89 bits per heavy atom. The molecule has 0 saturated carbocycles. The summed E-state index contributed by atoms with van der Waals surface area (Å²) < 4.78 is 28.8. The van der Waals surface area contributed by atoms with Crippen molar-refractivity contribution in [1.82, 2.24) is 15.1 Å². The SMILES string of the molecule is CN=C(NCC(C)CN1CCCC1)N(C)Cc1ccc(OC(F)F)cc1.I. The predicted octanol–water partition coefficient (Wildman–Crippen LogP) is 3.65. The van der Waals surface area contributed by atoms with Crippen LogP contribution < -0.4 is 10.1 Å². The maximum Gasteiger partial charge on any atom is 0.387 e. The number of guanidine groups is 1. The average Bonchev–Trinajstić information content (AvgIpc) is 3.09. The van der Waals surface area contributed by atoms with Crippen LogP contribution in [0.5, 0.6) is 5.75 Å². The number of halogens is 3. The summed E-state index contributed by atoms with van der Waals surface area (Å²) >= 11 is 0. The number of likely N-dealkylation sites (tertiary alicyclic amines) is 1. The maximum absolute atomic E-state index is 12.2. The topological polar surface area (TPSA) is 40.1 Å². The average molecular weight is 496 g/mol. The fourth-order valence-corrected chi connectivity index (χ4v) is 3.25. The fourth-order valence-electron chi connectivity index (χ4n) is 3.25. The largest absolute Gasteiger partial charge is 0.435 e. The van der Waals surface area contributed by atoms with Crippen LogP contribution in [0.1, 0.15) is 25.3 Å². The molecule has 1 aliphatic heterocycles. The monoisotopic (exact) mass is 496 g/mol. The Labute approximate surface area is 178 Å². The van der Waals surface area contributed by atoms with Crippen LogP contribution in [-0.2, 0) is 6.54 Å². The van der Waals surface area contributed by atoms with Crippen molar-refractivity contribution in [1.29, 1.82) is 0 Å². The zero-order valence-corrected chi connectivity index (χ0v) is 18.7. The Hall–Kier alpha value is -1.16. The summed E-state index contributed by atoms with van der Waals surface area (Å²) in [5.41, 5.74) is 1.00. The summed E-state index contributed by atoms with van der Waals surface area (Å²) in [5, 5.41) is 3.43. The Kier molecular flexibility index (Phi) is 10.9. The number of nitrogens with one attached hydrogen (secondary N) is 1. The number of hydrogen-bond donors (Lipinski definition) is 1. The van der Waals surface area contributed by atoms with Crippen molar-refractivity contribution in [2.24, 2.45) is 10.9 Å². The first-order chi connectivity index (χ1) is 12.5. The molecule has 27 heavy (non-hydrogen) atoms. The lowest BCUT2D eigenvalue weighted by Gasteiger charge is -2.25. The van der Waals surface area contributed by atoms with E-state index in [2.05, 4.69) is 26.9 Å². The van der Waals surface area contributed by atoms with Crippen molar-refractivity contribution in [3.63, 3.8) is 0 Å². The number of aliphatic imine (C=N–C) groups is 1. The molecule has 1 N–H and O–H groups in total. The van der Waals surface area contributed by atoms with Crippen LogP contribution in [0.3, 0.4) is 0 Å². The maximum atomic E-state index is 12.2. The molecular formula is C19H31F2IN4O. The van der Waals surface area contributed by atoms with Crippen LogP contribution in [0.2, 0.25) is 0 Å². The molecule has 0 amide bonds. The second-order valence-corrected chi connectivity index (χ2v) is 6.92. The second-order valence-electron chi connectivity index (χ2n) is 6.92. The van der Waals surface area contributed by atoms with E-state index in [4.69, 9.17) is 0 Å². The van der Waals surface area contributed by atoms with E-state index >= 15 is 0 Å². The van der Waals surface area contributed by atoms with Crippen molar-refractivity contribution < 1.29 is 13.5 Å². The standard InChI is InChI=1S/C19H30F2N4O.HI/c1-15(13-25-10-4-5-11-25)12-23-19(22-2)24(3)14-16-6-8-17(9-7-16)26-18(20)21;/h6-9,15,18H,4-5,10-14H2,1-3H3,(H,22,23);1H. The highest BCUT2D eigenvalue weighted by Gasteiger charge is 2.15. The number of benzene rings is 1. The van der Waals surface area contributed by atoms with E-state index in [9.17, 15) is 8.78 Å². The molecule has 2 rings (SSSR count). The third-order valence-corrected chi connectivity index (χ3v) is 4.52. The van der Waals surface area contributed by atoms with Gasteiger partial charge in [0.25, 0.3) is 0 Å². The lowest BCUT2D eigenvalue weighted by molar-refractivity contribution is -0.0498. The molecule has 1 unspecified atom stereocenters. The van der Waals surface area contributed by atoms with E-state index in [0.717, 1.165) is 24.6 Å². The molecular weight excluding hydrogens is 465 g/mol. The number of nitrogens with zero attached hydrogens (tertiary/aromatic N) is 3. The highest BCUT2D eigenvalue weighted by molar-refractivity contribution is 14.0. The Bertz CT molecular complexity index is 565. The summed E-state index contributed by atoms with van der Waals surface area (Å²) in [6, 6.07) is 6.70. The number of rotatable bonds is 8. The minimum absolute atomic E-state index is 0. The molecule has 0 spiro atoms. The molecule has 5 nitrogen and oxygen atoms in total. The van der Waals surface area contributed by atoms with E-state index in [1.807, 2.05) is 11.9 Å². The van der Waals surface area contributed by atoms with E-state index in [-0.39, 0.29) is 29.7 Å². The second kappa shape index (κ2) is 12.3. The molecule has 8 heteroatoms. The van der Waals surface area contributed by atoms with Crippen molar-refractivity contribution in [2.45, 2.75) is 32.9 Å². The molecule has 1 aromatic rings. The van der Waals surface area contributed by atoms with Gasteiger partial charge >= 0.3 is 6.61 Å².